The Kier molecular flexibility index (Phi) is 2.22. The number of carbonyl (C=O) groups is 1. The van der Waals surface area contributed by atoms with E-state index >= 15 is 0 Å². The molecule has 80 valence electrons. The van der Waals surface area contributed by atoms with Gasteiger partial charge in [-0.3, -0.25) is 0 Å². The number of cyclic esters (lactones) is 1. The van der Waals surface area contributed by atoms with E-state index in [1.807, 2.05) is 0 Å². The van der Waals surface area contributed by atoms with Crippen LogP contribution in [0.4, 0.5) is 9.18 Å². The van der Waals surface area contributed by atoms with Crippen molar-refractivity contribution in [3.8, 4) is 5.75 Å². The number of aromatic hydroxyl groups is 1. The van der Waals surface area contributed by atoms with Gasteiger partial charge in [0.2, 0.25) is 0 Å². The number of amides is 1. The summed E-state index contributed by atoms with van der Waals surface area (Å²) in [5.74, 6) is -0.450. The number of rotatable bonds is 1. The first-order valence-electron chi connectivity index (χ1n) is 4.50. The van der Waals surface area contributed by atoms with Crippen LogP contribution in [-0.2, 0) is 4.74 Å². The van der Waals surface area contributed by atoms with E-state index in [0.29, 0.717) is 11.1 Å². The molecular formula is C10H10FNO3. The van der Waals surface area contributed by atoms with Gasteiger partial charge in [-0.15, -0.1) is 0 Å². The second kappa shape index (κ2) is 3.42. The highest BCUT2D eigenvalue weighted by molar-refractivity contribution is 5.70. The highest BCUT2D eigenvalue weighted by atomic mass is 19.1. The summed E-state index contributed by atoms with van der Waals surface area (Å²) >= 11 is 0. The third-order valence-electron chi connectivity index (χ3n) is 2.34. The standard InChI is InChI=1S/C10H10FNO3/c1-5-2-6(11)3-7(9(5)13)8-4-15-10(14)12-8/h2-3,8,13H,4H2,1H3,(H,12,14)/t8-/m1/s1. The number of ether oxygens (including phenoxy) is 1. The minimum absolute atomic E-state index is 0.00722. The first kappa shape index (κ1) is 9.76. The van der Waals surface area contributed by atoms with E-state index < -0.39 is 18.0 Å². The first-order chi connectivity index (χ1) is 7.08. The third kappa shape index (κ3) is 1.72. The molecule has 1 atom stereocenters. The molecule has 2 rings (SSSR count). The smallest absolute Gasteiger partial charge is 0.407 e. The number of nitrogens with one attached hydrogen (secondary N) is 1. The van der Waals surface area contributed by atoms with Crippen molar-refractivity contribution < 1.29 is 19.0 Å². The molecular weight excluding hydrogens is 201 g/mol. The molecule has 1 aliphatic rings. The van der Waals surface area contributed by atoms with Crippen LogP contribution in [0.2, 0.25) is 0 Å². The third-order valence-corrected chi connectivity index (χ3v) is 2.34. The molecule has 1 saturated heterocycles. The topological polar surface area (TPSA) is 58.6 Å². The fourth-order valence-corrected chi connectivity index (χ4v) is 1.58. The number of phenolic OH excluding ortho intramolecular Hbond substituents is 1. The number of aryl methyl sites for hydroxylation is 1. The van der Waals surface area contributed by atoms with Crippen molar-refractivity contribution >= 4 is 6.09 Å². The molecule has 0 unspecified atom stereocenters. The quantitative estimate of drug-likeness (QED) is 0.742. The van der Waals surface area contributed by atoms with Crippen LogP contribution in [0.25, 0.3) is 0 Å². The van der Waals surface area contributed by atoms with Crippen molar-refractivity contribution in [1.29, 1.82) is 0 Å². The Balaban J connectivity index is 2.39. The number of benzene rings is 1. The summed E-state index contributed by atoms with van der Waals surface area (Å²) in [5.41, 5.74) is 0.782. The van der Waals surface area contributed by atoms with Crippen LogP contribution >= 0.6 is 0 Å². The Morgan fingerprint density at radius 1 is 1.60 bits per heavy atom. The molecule has 0 spiro atoms. The molecule has 5 heteroatoms. The van der Waals surface area contributed by atoms with E-state index in [0.717, 1.165) is 0 Å². The lowest BCUT2D eigenvalue weighted by molar-refractivity contribution is 0.177. The van der Waals surface area contributed by atoms with Crippen LogP contribution in [0.1, 0.15) is 17.2 Å². The number of carbonyl (C=O) groups excluding carboxylic acids is 1. The average Bonchev–Trinajstić information content (AvgIpc) is 2.58. The molecule has 0 bridgehead atoms. The maximum Gasteiger partial charge on any atom is 0.407 e. The molecule has 15 heavy (non-hydrogen) atoms. The molecule has 0 aliphatic carbocycles. The Hall–Kier alpha value is -1.78. The fraction of sp³-hybridized carbons (Fsp3) is 0.300. The summed E-state index contributed by atoms with van der Waals surface area (Å²) in [6, 6.07) is 1.95. The predicted octanol–water partition coefficient (Wildman–Crippen LogP) is 1.62. The van der Waals surface area contributed by atoms with Crippen molar-refractivity contribution in [2.24, 2.45) is 0 Å². The summed E-state index contributed by atoms with van der Waals surface area (Å²) < 4.78 is 17.8. The fourth-order valence-electron chi connectivity index (χ4n) is 1.58. The van der Waals surface area contributed by atoms with E-state index in [1.165, 1.54) is 12.1 Å². The second-order valence-electron chi connectivity index (χ2n) is 3.46. The van der Waals surface area contributed by atoms with Gasteiger partial charge < -0.3 is 15.2 Å². The normalized spacial score (nSPS) is 19.9. The SMILES string of the molecule is Cc1cc(F)cc([C@H]2COC(=O)N2)c1O. The van der Waals surface area contributed by atoms with E-state index in [2.05, 4.69) is 10.1 Å². The van der Waals surface area contributed by atoms with Gasteiger partial charge in [0.1, 0.15) is 18.2 Å². The van der Waals surface area contributed by atoms with Gasteiger partial charge in [0, 0.05) is 5.56 Å². The zero-order valence-corrected chi connectivity index (χ0v) is 8.08. The Labute approximate surface area is 85.7 Å². The summed E-state index contributed by atoms with van der Waals surface area (Å²) in [5, 5.41) is 12.2. The van der Waals surface area contributed by atoms with Gasteiger partial charge >= 0.3 is 6.09 Å². The maximum atomic E-state index is 13.1. The average molecular weight is 211 g/mol. The lowest BCUT2D eigenvalue weighted by atomic mass is 10.0. The number of hydrogen-bond donors (Lipinski definition) is 2. The lowest BCUT2D eigenvalue weighted by Crippen LogP contribution is -2.18. The monoisotopic (exact) mass is 211 g/mol. The maximum absolute atomic E-state index is 13.1. The molecule has 0 radical (unpaired) electrons. The van der Waals surface area contributed by atoms with Crippen LogP contribution in [-0.4, -0.2) is 17.8 Å². The number of halogens is 1. The van der Waals surface area contributed by atoms with Crippen molar-refractivity contribution in [1.82, 2.24) is 5.32 Å². The zero-order valence-electron chi connectivity index (χ0n) is 8.08. The molecule has 1 aromatic carbocycles. The molecule has 2 N–H and O–H groups in total. The van der Waals surface area contributed by atoms with E-state index in [9.17, 15) is 14.3 Å². The minimum atomic E-state index is -0.554. The van der Waals surface area contributed by atoms with Crippen molar-refractivity contribution in [3.05, 3.63) is 29.1 Å². The largest absolute Gasteiger partial charge is 0.507 e. The first-order valence-corrected chi connectivity index (χ1v) is 4.50. The Morgan fingerprint density at radius 3 is 2.93 bits per heavy atom. The molecule has 1 heterocycles. The Bertz CT molecular complexity index is 419. The van der Waals surface area contributed by atoms with E-state index in [-0.39, 0.29) is 12.4 Å². The molecule has 1 aromatic rings. The number of phenols is 1. The second-order valence-corrected chi connectivity index (χ2v) is 3.46. The molecule has 1 amide bonds. The van der Waals surface area contributed by atoms with Gasteiger partial charge in [-0.2, -0.15) is 0 Å². The van der Waals surface area contributed by atoms with Gasteiger partial charge in [-0.05, 0) is 24.6 Å². The van der Waals surface area contributed by atoms with Crippen molar-refractivity contribution in [2.45, 2.75) is 13.0 Å². The molecule has 1 fully saturated rings. The van der Waals surface area contributed by atoms with E-state index in [1.54, 1.807) is 6.92 Å². The van der Waals surface area contributed by atoms with Gasteiger partial charge in [0.25, 0.3) is 0 Å². The van der Waals surface area contributed by atoms with Crippen LogP contribution in [0.5, 0.6) is 5.75 Å². The van der Waals surface area contributed by atoms with Gasteiger partial charge in [-0.1, -0.05) is 0 Å². The van der Waals surface area contributed by atoms with Gasteiger partial charge in [-0.25, -0.2) is 9.18 Å². The lowest BCUT2D eigenvalue weighted by Gasteiger charge is -2.11. The van der Waals surface area contributed by atoms with Gasteiger partial charge in [0.15, 0.2) is 0 Å². The highest BCUT2D eigenvalue weighted by Crippen LogP contribution is 2.30. The predicted molar refractivity (Wildman–Crippen MR) is 50.0 cm³/mol. The summed E-state index contributed by atoms with van der Waals surface area (Å²) in [6.45, 7) is 1.70. The zero-order chi connectivity index (χ0) is 11.0. The van der Waals surface area contributed by atoms with Crippen LogP contribution in [0.15, 0.2) is 12.1 Å². The van der Waals surface area contributed by atoms with Crippen molar-refractivity contribution in [2.75, 3.05) is 6.61 Å². The molecule has 4 nitrogen and oxygen atoms in total. The number of hydrogen-bond acceptors (Lipinski definition) is 3. The van der Waals surface area contributed by atoms with Crippen LogP contribution in [0.3, 0.4) is 0 Å². The van der Waals surface area contributed by atoms with Crippen molar-refractivity contribution in [3.63, 3.8) is 0 Å². The van der Waals surface area contributed by atoms with E-state index in [4.69, 9.17) is 0 Å². The summed E-state index contributed by atoms with van der Waals surface area (Å²) in [7, 11) is 0. The summed E-state index contributed by atoms with van der Waals surface area (Å²) in [6.07, 6.45) is -0.554. The highest BCUT2D eigenvalue weighted by Gasteiger charge is 2.27. The molecule has 1 aliphatic heterocycles. The van der Waals surface area contributed by atoms with Gasteiger partial charge in [0.05, 0.1) is 6.04 Å². The minimum Gasteiger partial charge on any atom is -0.507 e. The number of alkyl carbamates (subject to hydrolysis) is 1. The van der Waals surface area contributed by atoms with Crippen LogP contribution in [0, 0.1) is 12.7 Å². The Morgan fingerprint density at radius 2 is 2.33 bits per heavy atom. The molecule has 0 aromatic heterocycles. The molecule has 0 saturated carbocycles. The summed E-state index contributed by atoms with van der Waals surface area (Å²) in [4.78, 5) is 10.8. The van der Waals surface area contributed by atoms with Crippen LogP contribution < -0.4 is 5.32 Å².